The molecular weight excluding hydrogens is 339 g/mol. The number of anilines is 1. The van der Waals surface area contributed by atoms with E-state index in [1.165, 1.54) is 17.2 Å². The molecule has 1 heterocycles. The Kier molecular flexibility index (Phi) is 4.88. The Balaban J connectivity index is 1.34. The zero-order valence-corrected chi connectivity index (χ0v) is 15.0. The van der Waals surface area contributed by atoms with Crippen LogP contribution >= 0.6 is 0 Å². The molecule has 0 fully saturated rings. The molecule has 0 aromatic heterocycles. The molecule has 0 bridgehead atoms. The van der Waals surface area contributed by atoms with Gasteiger partial charge in [0.05, 0.1) is 0 Å². The summed E-state index contributed by atoms with van der Waals surface area (Å²) < 4.78 is 13.6. The summed E-state index contributed by atoms with van der Waals surface area (Å²) in [6, 6.07) is 22.8. The number of fused-ring (bicyclic) bond motifs is 1. The topological polar surface area (TPSA) is 32.3 Å². The third-order valence-corrected chi connectivity index (χ3v) is 4.97. The van der Waals surface area contributed by atoms with Crippen molar-refractivity contribution in [2.75, 3.05) is 11.4 Å². The van der Waals surface area contributed by atoms with E-state index in [1.807, 2.05) is 24.3 Å². The quantitative estimate of drug-likeness (QED) is 0.735. The third kappa shape index (κ3) is 3.85. The molecule has 0 saturated carbocycles. The second-order valence-corrected chi connectivity index (χ2v) is 6.77. The van der Waals surface area contributed by atoms with Gasteiger partial charge in [0.15, 0.2) is 0 Å². The summed E-state index contributed by atoms with van der Waals surface area (Å²) in [7, 11) is 0. The fraction of sp³-hybridized carbons (Fsp3) is 0.174. The third-order valence-electron chi connectivity index (χ3n) is 4.97. The van der Waals surface area contributed by atoms with Crippen molar-refractivity contribution in [2.45, 2.75) is 19.5 Å². The number of nitrogens with zero attached hydrogens (tertiary/aromatic N) is 1. The fourth-order valence-corrected chi connectivity index (χ4v) is 3.45. The standard InChI is InChI=1S/C23H21FN2O/c24-22-8-4-3-5-17(22)13-14-25-23(27)18-9-11-21(12-10-18)26-15-19-6-1-2-7-20(19)16-26/h1-12H,13-16H2,(H,25,27). The van der Waals surface area contributed by atoms with Gasteiger partial charge in [0.2, 0.25) is 0 Å². The first-order chi connectivity index (χ1) is 13.2. The minimum absolute atomic E-state index is 0.136. The van der Waals surface area contributed by atoms with Crippen LogP contribution in [-0.2, 0) is 19.5 Å². The normalized spacial score (nSPS) is 12.7. The molecule has 0 saturated heterocycles. The summed E-state index contributed by atoms with van der Waals surface area (Å²) >= 11 is 0. The van der Waals surface area contributed by atoms with Gasteiger partial charge < -0.3 is 10.2 Å². The molecule has 0 radical (unpaired) electrons. The zero-order chi connectivity index (χ0) is 18.6. The minimum atomic E-state index is -0.234. The Bertz CT molecular complexity index is 928. The van der Waals surface area contributed by atoms with Crippen LogP contribution in [0.25, 0.3) is 0 Å². The van der Waals surface area contributed by atoms with E-state index in [0.717, 1.165) is 18.8 Å². The van der Waals surface area contributed by atoms with Crippen LogP contribution in [0.15, 0.2) is 72.8 Å². The molecule has 1 amide bonds. The van der Waals surface area contributed by atoms with Crippen LogP contribution in [0.2, 0.25) is 0 Å². The molecule has 0 atom stereocenters. The molecule has 3 nitrogen and oxygen atoms in total. The van der Waals surface area contributed by atoms with Crippen LogP contribution in [0.5, 0.6) is 0 Å². The van der Waals surface area contributed by atoms with Crippen molar-refractivity contribution in [3.05, 3.63) is 101 Å². The van der Waals surface area contributed by atoms with Gasteiger partial charge in [-0.1, -0.05) is 42.5 Å². The molecule has 1 N–H and O–H groups in total. The fourth-order valence-electron chi connectivity index (χ4n) is 3.45. The number of carbonyl (C=O) groups excluding carboxylic acids is 1. The van der Waals surface area contributed by atoms with Gasteiger partial charge in [-0.25, -0.2) is 4.39 Å². The van der Waals surface area contributed by atoms with Crippen LogP contribution < -0.4 is 10.2 Å². The second-order valence-electron chi connectivity index (χ2n) is 6.77. The van der Waals surface area contributed by atoms with Crippen molar-refractivity contribution < 1.29 is 9.18 Å². The molecular formula is C23H21FN2O. The highest BCUT2D eigenvalue weighted by Gasteiger charge is 2.18. The van der Waals surface area contributed by atoms with E-state index in [0.29, 0.717) is 24.1 Å². The largest absolute Gasteiger partial charge is 0.363 e. The monoisotopic (exact) mass is 360 g/mol. The van der Waals surface area contributed by atoms with Gasteiger partial charge in [-0.05, 0) is 53.4 Å². The van der Waals surface area contributed by atoms with E-state index in [4.69, 9.17) is 0 Å². The number of amides is 1. The van der Waals surface area contributed by atoms with E-state index in [2.05, 4.69) is 34.5 Å². The number of hydrogen-bond donors (Lipinski definition) is 1. The Morgan fingerprint density at radius 1 is 0.889 bits per heavy atom. The van der Waals surface area contributed by atoms with Gasteiger partial charge in [-0.3, -0.25) is 4.79 Å². The zero-order valence-electron chi connectivity index (χ0n) is 15.0. The van der Waals surface area contributed by atoms with Crippen LogP contribution in [0, 0.1) is 5.82 Å². The number of carbonyl (C=O) groups is 1. The predicted molar refractivity (Wildman–Crippen MR) is 105 cm³/mol. The van der Waals surface area contributed by atoms with Crippen LogP contribution in [-0.4, -0.2) is 12.5 Å². The summed E-state index contributed by atoms with van der Waals surface area (Å²) in [6.07, 6.45) is 0.475. The molecule has 0 aliphatic carbocycles. The van der Waals surface area contributed by atoms with Gasteiger partial charge in [-0.2, -0.15) is 0 Å². The van der Waals surface area contributed by atoms with Crippen molar-refractivity contribution in [2.24, 2.45) is 0 Å². The van der Waals surface area contributed by atoms with Crippen LogP contribution in [0.3, 0.4) is 0 Å². The lowest BCUT2D eigenvalue weighted by Crippen LogP contribution is -2.26. The number of hydrogen-bond acceptors (Lipinski definition) is 2. The van der Waals surface area contributed by atoms with Gasteiger partial charge in [0.1, 0.15) is 5.82 Å². The second kappa shape index (κ2) is 7.62. The number of rotatable bonds is 5. The maximum Gasteiger partial charge on any atom is 0.251 e. The summed E-state index contributed by atoms with van der Waals surface area (Å²) in [5.41, 5.74) is 5.04. The minimum Gasteiger partial charge on any atom is -0.363 e. The average Bonchev–Trinajstić information content (AvgIpc) is 3.14. The lowest BCUT2D eigenvalue weighted by atomic mass is 10.1. The van der Waals surface area contributed by atoms with E-state index in [1.54, 1.807) is 18.2 Å². The molecule has 0 spiro atoms. The summed E-state index contributed by atoms with van der Waals surface area (Å²) in [5, 5.41) is 2.86. The number of nitrogens with one attached hydrogen (secondary N) is 1. The number of halogens is 1. The van der Waals surface area contributed by atoms with Crippen molar-refractivity contribution in [3.63, 3.8) is 0 Å². The molecule has 0 unspecified atom stereocenters. The lowest BCUT2D eigenvalue weighted by molar-refractivity contribution is 0.0954. The van der Waals surface area contributed by atoms with Crippen molar-refractivity contribution >= 4 is 11.6 Å². The van der Waals surface area contributed by atoms with Gasteiger partial charge >= 0.3 is 0 Å². The Morgan fingerprint density at radius 3 is 2.19 bits per heavy atom. The Labute approximate surface area is 158 Å². The maximum absolute atomic E-state index is 13.6. The van der Waals surface area contributed by atoms with Crippen molar-refractivity contribution in [1.82, 2.24) is 5.32 Å². The van der Waals surface area contributed by atoms with Gasteiger partial charge in [0, 0.05) is 30.9 Å². The SMILES string of the molecule is O=C(NCCc1ccccc1F)c1ccc(N2Cc3ccccc3C2)cc1. The van der Waals surface area contributed by atoms with Crippen molar-refractivity contribution in [3.8, 4) is 0 Å². The Morgan fingerprint density at radius 2 is 1.52 bits per heavy atom. The molecule has 3 aromatic carbocycles. The van der Waals surface area contributed by atoms with Crippen LogP contribution in [0.4, 0.5) is 10.1 Å². The van der Waals surface area contributed by atoms with E-state index in [-0.39, 0.29) is 11.7 Å². The molecule has 4 rings (SSSR count). The molecule has 1 aliphatic rings. The lowest BCUT2D eigenvalue weighted by Gasteiger charge is -2.18. The highest BCUT2D eigenvalue weighted by atomic mass is 19.1. The van der Waals surface area contributed by atoms with Crippen molar-refractivity contribution in [1.29, 1.82) is 0 Å². The molecule has 3 aromatic rings. The first kappa shape index (κ1) is 17.3. The van der Waals surface area contributed by atoms with Crippen LogP contribution in [0.1, 0.15) is 27.0 Å². The first-order valence-corrected chi connectivity index (χ1v) is 9.14. The molecule has 1 aliphatic heterocycles. The summed E-state index contributed by atoms with van der Waals surface area (Å²) in [4.78, 5) is 14.6. The van der Waals surface area contributed by atoms with Gasteiger partial charge in [0.25, 0.3) is 5.91 Å². The highest BCUT2D eigenvalue weighted by molar-refractivity contribution is 5.94. The smallest absolute Gasteiger partial charge is 0.251 e. The maximum atomic E-state index is 13.6. The average molecular weight is 360 g/mol. The predicted octanol–water partition coefficient (Wildman–Crippen LogP) is 4.32. The summed E-state index contributed by atoms with van der Waals surface area (Å²) in [6.45, 7) is 2.19. The summed E-state index contributed by atoms with van der Waals surface area (Å²) in [5.74, 6) is -0.370. The van der Waals surface area contributed by atoms with E-state index < -0.39 is 0 Å². The Hall–Kier alpha value is -3.14. The molecule has 27 heavy (non-hydrogen) atoms. The molecule has 4 heteroatoms. The molecule has 136 valence electrons. The van der Waals surface area contributed by atoms with Gasteiger partial charge in [-0.15, -0.1) is 0 Å². The first-order valence-electron chi connectivity index (χ1n) is 9.14. The van der Waals surface area contributed by atoms with E-state index >= 15 is 0 Å². The number of benzene rings is 3. The van der Waals surface area contributed by atoms with E-state index in [9.17, 15) is 9.18 Å². The highest BCUT2D eigenvalue weighted by Crippen LogP contribution is 2.28.